The number of nitro groups is 1. The Labute approximate surface area is 189 Å². The average Bonchev–Trinajstić information content (AvgIpc) is 3.23. The first-order valence-corrected chi connectivity index (χ1v) is 10.2. The lowest BCUT2D eigenvalue weighted by atomic mass is 10.0. The summed E-state index contributed by atoms with van der Waals surface area (Å²) in [6.07, 6.45) is 3.46. The highest BCUT2D eigenvalue weighted by Gasteiger charge is 2.24. The first kappa shape index (κ1) is 21.3. The highest BCUT2D eigenvalue weighted by Crippen LogP contribution is 2.33. The Morgan fingerprint density at radius 3 is 2.41 bits per heavy atom. The van der Waals surface area contributed by atoms with Crippen molar-refractivity contribution in [3.8, 4) is 0 Å². The predicted octanol–water partition coefficient (Wildman–Crippen LogP) is 5.41. The van der Waals surface area contributed by atoms with Crippen molar-refractivity contribution >= 4 is 28.8 Å². The highest BCUT2D eigenvalue weighted by atomic mass is 35.5. The summed E-state index contributed by atoms with van der Waals surface area (Å²) >= 11 is 6.03. The smallest absolute Gasteiger partial charge is 0.293 e. The zero-order valence-corrected chi connectivity index (χ0v) is 17.9. The molecule has 0 bridgehead atoms. The molecular weight excluding hydrogens is 428 g/mol. The molecule has 7 nitrogen and oxygen atoms in total. The van der Waals surface area contributed by atoms with Crippen LogP contribution in [-0.4, -0.2) is 20.3 Å². The standard InChI is InChI=1S/C24H19ClN4O3/c1-28-14-13-26-24(28)22(16-7-10-19(25)11-8-16)27-20-12-9-18(15-21(20)29(31)32)23(30)17-5-3-2-4-6-17/h2-15,22,27H,1H3. The lowest BCUT2D eigenvalue weighted by Crippen LogP contribution is -2.17. The molecule has 0 aliphatic rings. The second kappa shape index (κ2) is 9.03. The van der Waals surface area contributed by atoms with E-state index in [-0.39, 0.29) is 22.7 Å². The van der Waals surface area contributed by atoms with Crippen LogP contribution in [0.2, 0.25) is 5.02 Å². The minimum atomic E-state index is -0.499. The molecule has 0 saturated heterocycles. The van der Waals surface area contributed by atoms with Crippen LogP contribution in [0.25, 0.3) is 0 Å². The molecule has 32 heavy (non-hydrogen) atoms. The number of anilines is 1. The Hall–Kier alpha value is -3.97. The van der Waals surface area contributed by atoms with E-state index >= 15 is 0 Å². The number of nitrogens with zero attached hydrogens (tertiary/aromatic N) is 3. The van der Waals surface area contributed by atoms with Gasteiger partial charge in [0.05, 0.1) is 4.92 Å². The van der Waals surface area contributed by atoms with Crippen molar-refractivity contribution in [2.24, 2.45) is 7.05 Å². The molecule has 0 aliphatic heterocycles. The molecule has 0 radical (unpaired) electrons. The average molecular weight is 447 g/mol. The van der Waals surface area contributed by atoms with Gasteiger partial charge in [0.15, 0.2) is 5.78 Å². The minimum absolute atomic E-state index is 0.194. The summed E-state index contributed by atoms with van der Waals surface area (Å²) in [5.74, 6) is 0.393. The number of aromatic nitrogens is 2. The molecular formula is C24H19ClN4O3. The van der Waals surface area contributed by atoms with Gasteiger partial charge in [0, 0.05) is 41.7 Å². The first-order valence-electron chi connectivity index (χ1n) is 9.81. The van der Waals surface area contributed by atoms with Crippen LogP contribution in [0.5, 0.6) is 0 Å². The van der Waals surface area contributed by atoms with E-state index in [1.807, 2.05) is 23.7 Å². The molecule has 1 unspecified atom stereocenters. The van der Waals surface area contributed by atoms with Crippen molar-refractivity contribution in [3.63, 3.8) is 0 Å². The van der Waals surface area contributed by atoms with Crippen LogP contribution in [0.15, 0.2) is 85.2 Å². The molecule has 0 fully saturated rings. The van der Waals surface area contributed by atoms with Crippen LogP contribution in [0, 0.1) is 10.1 Å². The summed E-state index contributed by atoms with van der Waals surface area (Å²) in [7, 11) is 1.85. The molecule has 8 heteroatoms. The number of hydrogen-bond donors (Lipinski definition) is 1. The van der Waals surface area contributed by atoms with Gasteiger partial charge >= 0.3 is 0 Å². The van der Waals surface area contributed by atoms with Crippen molar-refractivity contribution in [1.82, 2.24) is 9.55 Å². The molecule has 3 aromatic carbocycles. The molecule has 1 N–H and O–H groups in total. The zero-order chi connectivity index (χ0) is 22.7. The van der Waals surface area contributed by atoms with Gasteiger partial charge in [-0.1, -0.05) is 54.1 Å². The summed E-state index contributed by atoms with van der Waals surface area (Å²) in [5.41, 5.74) is 1.63. The largest absolute Gasteiger partial charge is 0.366 e. The summed E-state index contributed by atoms with van der Waals surface area (Å²) in [6, 6.07) is 19.8. The number of carbonyl (C=O) groups is 1. The van der Waals surface area contributed by atoms with Gasteiger partial charge in [0.1, 0.15) is 17.6 Å². The molecule has 1 heterocycles. The fourth-order valence-corrected chi connectivity index (χ4v) is 3.59. The van der Waals surface area contributed by atoms with E-state index < -0.39 is 11.0 Å². The minimum Gasteiger partial charge on any atom is -0.366 e. The van der Waals surface area contributed by atoms with E-state index in [1.165, 1.54) is 6.07 Å². The van der Waals surface area contributed by atoms with E-state index in [1.54, 1.807) is 67.0 Å². The van der Waals surface area contributed by atoms with Crippen molar-refractivity contribution in [1.29, 1.82) is 0 Å². The van der Waals surface area contributed by atoms with E-state index in [4.69, 9.17) is 11.6 Å². The van der Waals surface area contributed by atoms with Crippen molar-refractivity contribution in [3.05, 3.63) is 123 Å². The van der Waals surface area contributed by atoms with E-state index in [0.29, 0.717) is 16.4 Å². The Kier molecular flexibility index (Phi) is 6.00. The van der Waals surface area contributed by atoms with Crippen LogP contribution in [0.1, 0.15) is 33.4 Å². The fourth-order valence-electron chi connectivity index (χ4n) is 3.47. The third-order valence-corrected chi connectivity index (χ3v) is 5.36. The molecule has 4 rings (SSSR count). The van der Waals surface area contributed by atoms with Gasteiger partial charge < -0.3 is 9.88 Å². The lowest BCUT2D eigenvalue weighted by Gasteiger charge is -2.20. The number of benzene rings is 3. The van der Waals surface area contributed by atoms with Crippen LogP contribution in [-0.2, 0) is 7.05 Å². The molecule has 0 aliphatic carbocycles. The Balaban J connectivity index is 1.74. The monoisotopic (exact) mass is 446 g/mol. The molecule has 1 aromatic heterocycles. The maximum Gasteiger partial charge on any atom is 0.293 e. The quantitative estimate of drug-likeness (QED) is 0.233. The predicted molar refractivity (Wildman–Crippen MR) is 123 cm³/mol. The normalized spacial score (nSPS) is 11.7. The molecule has 0 spiro atoms. The van der Waals surface area contributed by atoms with Crippen LogP contribution in [0.4, 0.5) is 11.4 Å². The van der Waals surface area contributed by atoms with E-state index in [9.17, 15) is 14.9 Å². The molecule has 0 amide bonds. The second-order valence-corrected chi connectivity index (χ2v) is 7.65. The van der Waals surface area contributed by atoms with Crippen LogP contribution in [0.3, 0.4) is 0 Å². The van der Waals surface area contributed by atoms with Crippen LogP contribution >= 0.6 is 11.6 Å². The maximum absolute atomic E-state index is 12.8. The number of aryl methyl sites for hydroxylation is 1. The number of nitrogens with one attached hydrogen (secondary N) is 1. The number of hydrogen-bond acceptors (Lipinski definition) is 5. The number of carbonyl (C=O) groups excluding carboxylic acids is 1. The number of imidazole rings is 1. The maximum atomic E-state index is 12.8. The fraction of sp³-hybridized carbons (Fsp3) is 0.0833. The third kappa shape index (κ3) is 4.38. The summed E-state index contributed by atoms with van der Waals surface area (Å²) in [5, 5.41) is 15.7. The highest BCUT2D eigenvalue weighted by molar-refractivity contribution is 6.30. The van der Waals surface area contributed by atoms with Gasteiger partial charge in [-0.3, -0.25) is 14.9 Å². The Morgan fingerprint density at radius 2 is 1.78 bits per heavy atom. The number of nitro benzene ring substituents is 1. The van der Waals surface area contributed by atoms with Crippen molar-refractivity contribution in [2.75, 3.05) is 5.32 Å². The molecule has 160 valence electrons. The number of ketones is 1. The third-order valence-electron chi connectivity index (χ3n) is 5.11. The van der Waals surface area contributed by atoms with Gasteiger partial charge in [-0.05, 0) is 29.8 Å². The topological polar surface area (TPSA) is 90.1 Å². The Bertz CT molecular complexity index is 1270. The van der Waals surface area contributed by atoms with Crippen LogP contribution < -0.4 is 5.32 Å². The molecule has 4 aromatic rings. The molecule has 0 saturated carbocycles. The van der Waals surface area contributed by atoms with Gasteiger partial charge in [-0.25, -0.2) is 4.98 Å². The van der Waals surface area contributed by atoms with E-state index in [0.717, 1.165) is 5.56 Å². The van der Waals surface area contributed by atoms with Crippen molar-refractivity contribution < 1.29 is 9.72 Å². The SMILES string of the molecule is Cn1ccnc1C(Nc1ccc(C(=O)c2ccccc2)cc1[N+](=O)[O-])c1ccc(Cl)cc1. The lowest BCUT2D eigenvalue weighted by molar-refractivity contribution is -0.384. The van der Waals surface area contributed by atoms with Gasteiger partial charge in [0.2, 0.25) is 0 Å². The van der Waals surface area contributed by atoms with Gasteiger partial charge in [0.25, 0.3) is 5.69 Å². The van der Waals surface area contributed by atoms with Gasteiger partial charge in [-0.15, -0.1) is 0 Å². The Morgan fingerprint density at radius 1 is 1.06 bits per heavy atom. The number of rotatable bonds is 7. The zero-order valence-electron chi connectivity index (χ0n) is 17.1. The summed E-state index contributed by atoms with van der Waals surface area (Å²) in [4.78, 5) is 28.6. The summed E-state index contributed by atoms with van der Waals surface area (Å²) in [6.45, 7) is 0. The summed E-state index contributed by atoms with van der Waals surface area (Å²) < 4.78 is 1.84. The second-order valence-electron chi connectivity index (χ2n) is 7.21. The first-order chi connectivity index (χ1) is 15.4. The number of halogens is 1. The van der Waals surface area contributed by atoms with Crippen molar-refractivity contribution in [2.45, 2.75) is 6.04 Å². The van der Waals surface area contributed by atoms with E-state index in [2.05, 4.69) is 10.3 Å². The van der Waals surface area contributed by atoms with Gasteiger partial charge in [-0.2, -0.15) is 0 Å². The molecule has 1 atom stereocenters.